The lowest BCUT2D eigenvalue weighted by Crippen LogP contribution is -2.46. The predicted octanol–water partition coefficient (Wildman–Crippen LogP) is 2.25. The second-order valence-corrected chi connectivity index (χ2v) is 9.41. The van der Waals surface area contributed by atoms with Crippen molar-refractivity contribution < 1.29 is 9.53 Å². The van der Waals surface area contributed by atoms with E-state index in [-0.39, 0.29) is 23.2 Å². The molecule has 1 aromatic heterocycles. The summed E-state index contributed by atoms with van der Waals surface area (Å²) >= 11 is 0. The number of fused-ring (bicyclic) bond motifs is 1. The lowest BCUT2D eigenvalue weighted by Gasteiger charge is -2.29. The second-order valence-electron chi connectivity index (χ2n) is 9.41. The molecule has 2 fully saturated rings. The number of nitrogens with zero attached hydrogens (tertiary/aromatic N) is 1. The minimum atomic E-state index is -0.464. The Balaban J connectivity index is 1.51. The number of amides is 1. The van der Waals surface area contributed by atoms with Crippen molar-refractivity contribution in [3.05, 3.63) is 29.6 Å². The van der Waals surface area contributed by atoms with Crippen LogP contribution in [0.5, 0.6) is 0 Å². The Hall–Kier alpha value is -1.96. The van der Waals surface area contributed by atoms with E-state index < -0.39 is 5.91 Å². The van der Waals surface area contributed by atoms with Crippen LogP contribution in [0.4, 0.5) is 0 Å². The number of para-hydroxylation sites is 1. The number of ether oxygens (including phenoxy) is 1. The van der Waals surface area contributed by atoms with Crippen molar-refractivity contribution in [1.29, 1.82) is 0 Å². The molecular weight excluding hydrogens is 354 g/mol. The number of benzene rings is 1. The molecule has 0 bridgehead atoms. The van der Waals surface area contributed by atoms with Gasteiger partial charge in [-0.25, -0.2) is 4.98 Å². The Bertz CT molecular complexity index is 888. The molecule has 2 saturated heterocycles. The minimum absolute atomic E-state index is 0.0152. The fourth-order valence-corrected chi connectivity index (χ4v) is 4.93. The van der Waals surface area contributed by atoms with Crippen LogP contribution >= 0.6 is 0 Å². The molecular formula is C21H31N5O2. The molecule has 152 valence electrons. The van der Waals surface area contributed by atoms with Gasteiger partial charge in [-0.3, -0.25) is 4.79 Å². The molecule has 7 heteroatoms. The molecule has 7 nitrogen and oxygen atoms in total. The van der Waals surface area contributed by atoms with E-state index in [4.69, 9.17) is 10.5 Å². The molecule has 0 spiro atoms. The molecule has 0 aliphatic carbocycles. The molecule has 3 unspecified atom stereocenters. The molecule has 28 heavy (non-hydrogen) atoms. The minimum Gasteiger partial charge on any atom is -0.376 e. The smallest absolute Gasteiger partial charge is 0.250 e. The Labute approximate surface area is 165 Å². The second kappa shape index (κ2) is 6.83. The molecule has 1 amide bonds. The van der Waals surface area contributed by atoms with Crippen molar-refractivity contribution in [3.63, 3.8) is 0 Å². The van der Waals surface area contributed by atoms with Gasteiger partial charge >= 0.3 is 0 Å². The molecule has 5 N–H and O–H groups in total. The lowest BCUT2D eigenvalue weighted by atomic mass is 9.88. The number of aromatic nitrogens is 2. The zero-order valence-electron chi connectivity index (χ0n) is 17.1. The number of nitrogens with two attached hydrogens (primary N) is 1. The van der Waals surface area contributed by atoms with Gasteiger partial charge in [0.2, 0.25) is 0 Å². The maximum absolute atomic E-state index is 11.7. The van der Waals surface area contributed by atoms with Gasteiger partial charge in [0.05, 0.1) is 29.8 Å². The van der Waals surface area contributed by atoms with E-state index >= 15 is 0 Å². The van der Waals surface area contributed by atoms with Crippen LogP contribution in [0.2, 0.25) is 0 Å². The zero-order chi connectivity index (χ0) is 20.1. The van der Waals surface area contributed by atoms with Crippen molar-refractivity contribution in [2.24, 2.45) is 11.7 Å². The third kappa shape index (κ3) is 3.54. The van der Waals surface area contributed by atoms with Crippen LogP contribution in [0, 0.1) is 5.92 Å². The quantitative estimate of drug-likeness (QED) is 0.632. The highest BCUT2D eigenvalue weighted by molar-refractivity contribution is 6.04. The maximum atomic E-state index is 11.7. The van der Waals surface area contributed by atoms with E-state index in [1.165, 1.54) is 0 Å². The highest BCUT2D eigenvalue weighted by atomic mass is 16.5. The van der Waals surface area contributed by atoms with E-state index in [1.54, 1.807) is 6.07 Å². The lowest BCUT2D eigenvalue weighted by molar-refractivity contribution is 0.00997. The number of carbonyl (C=O) groups is 1. The summed E-state index contributed by atoms with van der Waals surface area (Å²) in [5, 5.41) is 7.21. The van der Waals surface area contributed by atoms with E-state index in [2.05, 4.69) is 48.3 Å². The van der Waals surface area contributed by atoms with Crippen LogP contribution in [0.25, 0.3) is 11.0 Å². The maximum Gasteiger partial charge on any atom is 0.250 e. The van der Waals surface area contributed by atoms with Crippen LogP contribution < -0.4 is 16.4 Å². The summed E-state index contributed by atoms with van der Waals surface area (Å²) in [6.07, 6.45) is 2.09. The standard InChI is InChI=1S/C21H31N5O2/c1-20(2)10-12(21(3,4)26-20)11-28-15-8-9-23-17(15)19-24-14-7-5-6-13(18(22)27)16(14)25-19/h5-7,12,15,17,23,26H,8-11H2,1-4H3,(H2,22,27)(H,24,25). The van der Waals surface area contributed by atoms with Gasteiger partial charge in [-0.2, -0.15) is 0 Å². The van der Waals surface area contributed by atoms with Crippen molar-refractivity contribution in [2.75, 3.05) is 13.2 Å². The van der Waals surface area contributed by atoms with E-state index in [0.717, 1.165) is 37.3 Å². The summed E-state index contributed by atoms with van der Waals surface area (Å²) < 4.78 is 6.40. The van der Waals surface area contributed by atoms with E-state index in [9.17, 15) is 4.79 Å². The fourth-order valence-electron chi connectivity index (χ4n) is 4.93. The first-order valence-electron chi connectivity index (χ1n) is 10.1. The SMILES string of the molecule is CC1(C)CC(COC2CCNC2c2nc3c(C(N)=O)cccc3[nH]2)C(C)(C)N1. The summed E-state index contributed by atoms with van der Waals surface area (Å²) in [5.74, 6) is 0.797. The third-order valence-corrected chi connectivity index (χ3v) is 6.21. The number of H-pyrrole nitrogens is 1. The van der Waals surface area contributed by atoms with Gasteiger partial charge in [-0.15, -0.1) is 0 Å². The number of nitrogens with one attached hydrogen (secondary N) is 3. The normalized spacial score (nSPS) is 28.8. The number of primary amides is 1. The first-order valence-corrected chi connectivity index (χ1v) is 10.1. The van der Waals surface area contributed by atoms with Crippen molar-refractivity contribution in [1.82, 2.24) is 20.6 Å². The van der Waals surface area contributed by atoms with Crippen LogP contribution in [0.1, 0.15) is 62.8 Å². The van der Waals surface area contributed by atoms with E-state index in [0.29, 0.717) is 17.0 Å². The van der Waals surface area contributed by atoms with Crippen LogP contribution in [-0.4, -0.2) is 46.2 Å². The number of carbonyl (C=O) groups excluding carboxylic acids is 1. The summed E-state index contributed by atoms with van der Waals surface area (Å²) in [6, 6.07) is 5.43. The van der Waals surface area contributed by atoms with Gasteiger partial charge in [0, 0.05) is 17.0 Å². The largest absolute Gasteiger partial charge is 0.376 e. The molecule has 3 heterocycles. The van der Waals surface area contributed by atoms with E-state index in [1.807, 2.05) is 12.1 Å². The topological polar surface area (TPSA) is 105 Å². The predicted molar refractivity (Wildman–Crippen MR) is 109 cm³/mol. The average Bonchev–Trinajstić information content (AvgIpc) is 3.26. The van der Waals surface area contributed by atoms with Gasteiger partial charge in [-0.05, 0) is 59.2 Å². The Morgan fingerprint density at radius 1 is 1.32 bits per heavy atom. The Morgan fingerprint density at radius 2 is 2.11 bits per heavy atom. The number of hydrogen-bond donors (Lipinski definition) is 4. The summed E-state index contributed by atoms with van der Waals surface area (Å²) in [5.41, 5.74) is 7.57. The number of hydrogen-bond acceptors (Lipinski definition) is 5. The van der Waals surface area contributed by atoms with Gasteiger partial charge in [-0.1, -0.05) is 6.07 Å². The molecule has 0 radical (unpaired) electrons. The molecule has 4 rings (SSSR count). The zero-order valence-corrected chi connectivity index (χ0v) is 17.1. The Morgan fingerprint density at radius 3 is 2.79 bits per heavy atom. The summed E-state index contributed by atoms with van der Waals surface area (Å²) in [7, 11) is 0. The molecule has 2 aliphatic rings. The van der Waals surface area contributed by atoms with Crippen molar-refractivity contribution >= 4 is 16.9 Å². The molecule has 3 atom stereocenters. The highest BCUT2D eigenvalue weighted by Crippen LogP contribution is 2.37. The molecule has 0 saturated carbocycles. The molecule has 1 aromatic carbocycles. The van der Waals surface area contributed by atoms with Gasteiger partial charge in [0.1, 0.15) is 11.3 Å². The third-order valence-electron chi connectivity index (χ3n) is 6.21. The molecule has 2 aromatic rings. The molecule has 2 aliphatic heterocycles. The summed E-state index contributed by atoms with van der Waals surface area (Å²) in [6.45, 7) is 10.6. The summed E-state index contributed by atoms with van der Waals surface area (Å²) in [4.78, 5) is 19.7. The first kappa shape index (κ1) is 19.4. The van der Waals surface area contributed by atoms with Gasteiger partial charge in [0.15, 0.2) is 0 Å². The van der Waals surface area contributed by atoms with Crippen LogP contribution in [0.15, 0.2) is 18.2 Å². The van der Waals surface area contributed by atoms with Gasteiger partial charge in [0.25, 0.3) is 5.91 Å². The number of imidazole rings is 1. The first-order chi connectivity index (χ1) is 13.2. The highest BCUT2D eigenvalue weighted by Gasteiger charge is 2.44. The number of rotatable bonds is 5. The number of aromatic amines is 1. The average molecular weight is 386 g/mol. The van der Waals surface area contributed by atoms with Crippen molar-refractivity contribution in [2.45, 2.75) is 63.8 Å². The Kier molecular flexibility index (Phi) is 4.72. The van der Waals surface area contributed by atoms with Crippen LogP contribution in [-0.2, 0) is 4.74 Å². The van der Waals surface area contributed by atoms with Crippen LogP contribution in [0.3, 0.4) is 0 Å². The van der Waals surface area contributed by atoms with Crippen molar-refractivity contribution in [3.8, 4) is 0 Å². The fraction of sp³-hybridized carbons (Fsp3) is 0.619. The van der Waals surface area contributed by atoms with Gasteiger partial charge < -0.3 is 26.1 Å². The monoisotopic (exact) mass is 385 g/mol.